The molecule has 7 heteroatoms. The minimum absolute atomic E-state index is 0.336. The Balaban J connectivity index is 1.29. The minimum atomic E-state index is -0.336. The lowest BCUT2D eigenvalue weighted by Crippen LogP contribution is -2.30. The fourth-order valence-electron chi connectivity index (χ4n) is 4.41. The fraction of sp³-hybridized carbons (Fsp3) is 0.484. The Morgan fingerprint density at radius 2 is 1.61 bits per heavy atom. The van der Waals surface area contributed by atoms with Crippen LogP contribution >= 0.6 is 22.9 Å². The Bertz CT molecular complexity index is 1070. The predicted molar refractivity (Wildman–Crippen MR) is 161 cm³/mol. The first-order valence-corrected chi connectivity index (χ1v) is 15.5. The van der Waals surface area contributed by atoms with Crippen LogP contribution < -0.4 is 19.9 Å². The number of amides is 2. The van der Waals surface area contributed by atoms with Gasteiger partial charge in [0.25, 0.3) is 0 Å². The first-order valence-electron chi connectivity index (χ1n) is 14.1. The number of rotatable bonds is 18. The number of unbranched alkanes of at least 4 members (excludes halogenated alkanes) is 11. The molecule has 3 rings (SSSR count). The molecule has 0 aliphatic heterocycles. The van der Waals surface area contributed by atoms with Gasteiger partial charge >= 0.3 is 6.03 Å². The molecule has 0 radical (unpaired) electrons. The normalized spacial score (nSPS) is 10.9. The summed E-state index contributed by atoms with van der Waals surface area (Å²) in [5.41, 5.74) is 4.45. The van der Waals surface area contributed by atoms with Crippen molar-refractivity contribution in [2.45, 2.75) is 90.5 Å². The molecule has 0 aliphatic carbocycles. The van der Waals surface area contributed by atoms with Crippen LogP contribution in [-0.2, 0) is 6.54 Å². The summed E-state index contributed by atoms with van der Waals surface area (Å²) in [4.78, 5) is 12.5. The van der Waals surface area contributed by atoms with Crippen molar-refractivity contribution in [3.63, 3.8) is 0 Å². The highest BCUT2D eigenvalue weighted by atomic mass is 35.5. The number of benzene rings is 2. The quantitative estimate of drug-likeness (QED) is 0.121. The summed E-state index contributed by atoms with van der Waals surface area (Å²) < 4.78 is 7.98. The van der Waals surface area contributed by atoms with Gasteiger partial charge in [-0.25, -0.2) is 4.79 Å². The first-order chi connectivity index (χ1) is 18.6. The van der Waals surface area contributed by atoms with E-state index in [-0.39, 0.29) is 6.03 Å². The topological polar surface area (TPSA) is 54.2 Å². The molecule has 38 heavy (non-hydrogen) atoms. The molecule has 0 saturated carbocycles. The number of carbonyl (C=O) groups excluding carboxylic acids is 1. The molecular weight excluding hydrogens is 514 g/mol. The number of thiazole rings is 1. The van der Waals surface area contributed by atoms with Gasteiger partial charge in [0.05, 0.1) is 22.7 Å². The Hall–Kier alpha value is -2.57. The molecule has 0 aliphatic rings. The number of hydrogen-bond acceptors (Lipinski definition) is 3. The predicted octanol–water partition coefficient (Wildman–Crippen LogP) is 9.46. The molecule has 1 heterocycles. The molecule has 0 bridgehead atoms. The van der Waals surface area contributed by atoms with Crippen molar-refractivity contribution >= 4 is 40.3 Å². The molecule has 1 aromatic heterocycles. The molecule has 0 saturated heterocycles. The molecule has 0 spiro atoms. The van der Waals surface area contributed by atoms with Crippen LogP contribution in [0.4, 0.5) is 16.2 Å². The molecular formula is C31H43ClN3O2S+. The van der Waals surface area contributed by atoms with Crippen LogP contribution in [0.25, 0.3) is 0 Å². The number of carbonyl (C=O) groups is 1. The molecule has 2 aromatic carbocycles. The summed E-state index contributed by atoms with van der Waals surface area (Å²) in [6.45, 7) is 3.71. The molecule has 0 fully saturated rings. The number of halogens is 1. The number of nitrogens with one attached hydrogen (secondary N) is 2. The van der Waals surface area contributed by atoms with Crippen LogP contribution in [0.5, 0.6) is 5.75 Å². The maximum Gasteiger partial charge on any atom is 0.323 e. The number of anilines is 2. The summed E-state index contributed by atoms with van der Waals surface area (Å²) in [5.74, 6) is 0.725. The van der Waals surface area contributed by atoms with Crippen molar-refractivity contribution < 1.29 is 14.1 Å². The molecule has 2 N–H and O–H groups in total. The molecule has 2 amide bonds. The van der Waals surface area contributed by atoms with Crippen LogP contribution in [0, 0.1) is 0 Å². The largest absolute Gasteiger partial charge is 0.494 e. The molecule has 0 unspecified atom stereocenters. The first kappa shape index (κ1) is 30.0. The summed E-state index contributed by atoms with van der Waals surface area (Å²) in [7, 11) is 0. The van der Waals surface area contributed by atoms with Gasteiger partial charge in [0, 0.05) is 17.3 Å². The summed E-state index contributed by atoms with van der Waals surface area (Å²) >= 11 is 8.07. The molecule has 3 aromatic rings. The van der Waals surface area contributed by atoms with Gasteiger partial charge < -0.3 is 15.4 Å². The van der Waals surface area contributed by atoms with E-state index < -0.39 is 0 Å². The van der Waals surface area contributed by atoms with Gasteiger partial charge in [-0.1, -0.05) is 113 Å². The van der Waals surface area contributed by atoms with E-state index in [0.717, 1.165) is 30.0 Å². The van der Waals surface area contributed by atoms with Crippen LogP contribution in [0.1, 0.15) is 89.5 Å². The van der Waals surface area contributed by atoms with Gasteiger partial charge in [-0.3, -0.25) is 0 Å². The van der Waals surface area contributed by atoms with Gasteiger partial charge in [-0.05, 0) is 30.7 Å². The minimum Gasteiger partial charge on any atom is -0.494 e. The molecule has 0 atom stereocenters. The number of urea groups is 1. The highest BCUT2D eigenvalue weighted by Crippen LogP contribution is 2.27. The lowest BCUT2D eigenvalue weighted by atomic mass is 10.1. The maximum atomic E-state index is 12.5. The second kappa shape index (κ2) is 17.8. The van der Waals surface area contributed by atoms with Crippen molar-refractivity contribution in [1.82, 2.24) is 0 Å². The zero-order valence-corrected chi connectivity index (χ0v) is 24.3. The van der Waals surface area contributed by atoms with E-state index >= 15 is 0 Å². The van der Waals surface area contributed by atoms with E-state index in [2.05, 4.69) is 27.6 Å². The van der Waals surface area contributed by atoms with Gasteiger partial charge in [-0.15, -0.1) is 0 Å². The van der Waals surface area contributed by atoms with E-state index in [9.17, 15) is 4.79 Å². The third-order valence-electron chi connectivity index (χ3n) is 6.53. The van der Waals surface area contributed by atoms with E-state index in [1.165, 1.54) is 70.6 Å². The van der Waals surface area contributed by atoms with Crippen LogP contribution in [0.2, 0.25) is 5.02 Å². The second-order valence-electron chi connectivity index (χ2n) is 9.86. The van der Waals surface area contributed by atoms with Crippen molar-refractivity contribution in [2.24, 2.45) is 0 Å². The fourth-order valence-corrected chi connectivity index (χ4v) is 5.23. The summed E-state index contributed by atoms with van der Waals surface area (Å²) in [6.07, 6.45) is 17.9. The van der Waals surface area contributed by atoms with Crippen LogP contribution in [-0.4, -0.2) is 12.6 Å². The highest BCUT2D eigenvalue weighted by Gasteiger charge is 2.09. The van der Waals surface area contributed by atoms with E-state index in [0.29, 0.717) is 17.3 Å². The zero-order chi connectivity index (χ0) is 26.8. The summed E-state index contributed by atoms with van der Waals surface area (Å²) in [6, 6.07) is 12.9. The number of ether oxygens (including phenoxy) is 1. The SMILES string of the molecule is CCCCCCCCCCCCCCOc1ccc(NC(=O)Nc2cccc(C[n+]3ccsc3)c2)c(Cl)c1. The van der Waals surface area contributed by atoms with E-state index in [1.54, 1.807) is 23.5 Å². The van der Waals surface area contributed by atoms with Crippen LogP contribution in [0.3, 0.4) is 0 Å². The molecule has 5 nitrogen and oxygen atoms in total. The van der Waals surface area contributed by atoms with Crippen molar-refractivity contribution in [1.29, 1.82) is 0 Å². The van der Waals surface area contributed by atoms with Gasteiger partial charge in [0.2, 0.25) is 5.51 Å². The maximum absolute atomic E-state index is 12.5. The lowest BCUT2D eigenvalue weighted by molar-refractivity contribution is -0.683. The van der Waals surface area contributed by atoms with Gasteiger partial charge in [0.1, 0.15) is 5.75 Å². The van der Waals surface area contributed by atoms with Crippen molar-refractivity contribution in [2.75, 3.05) is 17.2 Å². The molecule has 206 valence electrons. The third kappa shape index (κ3) is 11.9. The number of nitrogens with zero attached hydrogens (tertiary/aromatic N) is 1. The average Bonchev–Trinajstić information content (AvgIpc) is 3.41. The standard InChI is InChI=1S/C31H42ClN3O2S/c1-2-3-4-5-6-7-8-9-10-11-12-13-20-37-28-17-18-30(29(32)23-28)34-31(36)33-27-16-14-15-26(22-27)24-35-19-21-38-25-35/h14-19,21-23,25H,2-13,20,24H2,1H3,(H-,33,34,36)/p+1. The van der Waals surface area contributed by atoms with E-state index in [1.807, 2.05) is 41.9 Å². The van der Waals surface area contributed by atoms with E-state index in [4.69, 9.17) is 16.3 Å². The smallest absolute Gasteiger partial charge is 0.323 e. The Kier molecular flexibility index (Phi) is 14.1. The van der Waals surface area contributed by atoms with Gasteiger partial charge in [0.15, 0.2) is 12.7 Å². The summed E-state index contributed by atoms with van der Waals surface area (Å²) in [5, 5.41) is 8.20. The zero-order valence-electron chi connectivity index (χ0n) is 22.7. The lowest BCUT2D eigenvalue weighted by Gasteiger charge is -2.12. The third-order valence-corrected chi connectivity index (χ3v) is 7.52. The van der Waals surface area contributed by atoms with Crippen molar-refractivity contribution in [3.8, 4) is 5.75 Å². The Labute approximate surface area is 237 Å². The average molecular weight is 557 g/mol. The van der Waals surface area contributed by atoms with Gasteiger partial charge in [-0.2, -0.15) is 4.57 Å². The monoisotopic (exact) mass is 556 g/mol. The Morgan fingerprint density at radius 1 is 0.895 bits per heavy atom. The highest BCUT2D eigenvalue weighted by molar-refractivity contribution is 7.07. The van der Waals surface area contributed by atoms with Crippen LogP contribution in [0.15, 0.2) is 59.6 Å². The number of aromatic nitrogens is 1. The second-order valence-corrected chi connectivity index (χ2v) is 11.0. The Morgan fingerprint density at radius 3 is 2.26 bits per heavy atom. The number of hydrogen-bond donors (Lipinski definition) is 2. The van der Waals surface area contributed by atoms with Crippen molar-refractivity contribution in [3.05, 3.63) is 70.1 Å².